The fraction of sp³-hybridized carbons (Fsp3) is 0.545. The minimum absolute atomic E-state index is 0.158. The van der Waals surface area contributed by atoms with Crippen molar-refractivity contribution < 1.29 is 4.79 Å². The van der Waals surface area contributed by atoms with Crippen molar-refractivity contribution in [3.05, 3.63) is 39.9 Å². The van der Waals surface area contributed by atoms with Crippen LogP contribution >= 0.6 is 11.3 Å². The van der Waals surface area contributed by atoms with Crippen molar-refractivity contribution in [3.8, 4) is 10.6 Å². The topological polar surface area (TPSA) is 36.4 Å². The second kappa shape index (κ2) is 7.72. The number of hydrogen-bond donors (Lipinski definition) is 0. The second-order valence-corrected chi connectivity index (χ2v) is 9.00. The first-order valence-corrected chi connectivity index (χ1v) is 10.9. The molecule has 2 aromatic rings. The molecule has 27 heavy (non-hydrogen) atoms. The van der Waals surface area contributed by atoms with Crippen LogP contribution in [0.2, 0.25) is 0 Å². The minimum Gasteiger partial charge on any atom is -0.335 e. The average Bonchev–Trinajstić information content (AvgIpc) is 3.33. The number of amides is 1. The lowest BCUT2D eigenvalue weighted by atomic mass is 10.1. The van der Waals surface area contributed by atoms with Crippen molar-refractivity contribution in [2.45, 2.75) is 52.5 Å². The van der Waals surface area contributed by atoms with Crippen LogP contribution in [-0.2, 0) is 0 Å². The van der Waals surface area contributed by atoms with E-state index in [9.17, 15) is 4.79 Å². The number of carbonyl (C=O) groups excluding carboxylic acids is 1. The smallest absolute Gasteiger partial charge is 0.265 e. The average molecular weight is 384 g/mol. The Labute approximate surface area is 166 Å². The maximum atomic E-state index is 13.1. The van der Waals surface area contributed by atoms with Gasteiger partial charge < -0.3 is 4.90 Å². The van der Waals surface area contributed by atoms with Crippen LogP contribution in [0.3, 0.4) is 0 Å². The molecule has 2 aliphatic rings. The zero-order valence-corrected chi connectivity index (χ0v) is 17.4. The Morgan fingerprint density at radius 3 is 2.41 bits per heavy atom. The van der Waals surface area contributed by atoms with E-state index in [0.717, 1.165) is 53.4 Å². The van der Waals surface area contributed by atoms with Crippen molar-refractivity contribution in [2.24, 2.45) is 0 Å². The SMILES string of the molecule is Cc1ccc(-c2nc(C)c(C(=O)N3CCN(C4CCCC4)CC3)s2)cc1C. The van der Waals surface area contributed by atoms with Crippen molar-refractivity contribution in [1.82, 2.24) is 14.8 Å². The van der Waals surface area contributed by atoms with Gasteiger partial charge in [-0.15, -0.1) is 11.3 Å². The lowest BCUT2D eigenvalue weighted by molar-refractivity contribution is 0.0577. The Balaban J connectivity index is 1.46. The van der Waals surface area contributed by atoms with E-state index in [4.69, 9.17) is 4.98 Å². The fourth-order valence-electron chi connectivity index (χ4n) is 4.30. The number of nitrogens with zero attached hydrogens (tertiary/aromatic N) is 3. The summed E-state index contributed by atoms with van der Waals surface area (Å²) in [5.74, 6) is 0.158. The number of carbonyl (C=O) groups is 1. The largest absolute Gasteiger partial charge is 0.335 e. The van der Waals surface area contributed by atoms with Crippen LogP contribution in [0.25, 0.3) is 10.6 Å². The maximum absolute atomic E-state index is 13.1. The minimum atomic E-state index is 0.158. The molecule has 0 bridgehead atoms. The second-order valence-electron chi connectivity index (χ2n) is 8.00. The van der Waals surface area contributed by atoms with Gasteiger partial charge in [-0.1, -0.05) is 25.0 Å². The monoisotopic (exact) mass is 383 g/mol. The number of rotatable bonds is 3. The Kier molecular flexibility index (Phi) is 5.33. The molecule has 0 unspecified atom stereocenters. The van der Waals surface area contributed by atoms with E-state index in [2.05, 4.69) is 36.9 Å². The van der Waals surface area contributed by atoms with E-state index in [1.165, 1.54) is 48.1 Å². The van der Waals surface area contributed by atoms with Gasteiger partial charge in [-0.3, -0.25) is 9.69 Å². The Bertz CT molecular complexity index is 830. The predicted octanol–water partition coefficient (Wildman–Crippen LogP) is 4.44. The summed E-state index contributed by atoms with van der Waals surface area (Å²) in [6.07, 6.45) is 5.40. The highest BCUT2D eigenvalue weighted by atomic mass is 32.1. The molecule has 0 spiro atoms. The van der Waals surface area contributed by atoms with Gasteiger partial charge in [0.15, 0.2) is 0 Å². The quantitative estimate of drug-likeness (QED) is 0.786. The molecule has 1 aromatic carbocycles. The zero-order chi connectivity index (χ0) is 19.0. The van der Waals surface area contributed by atoms with Gasteiger partial charge in [0.05, 0.1) is 5.69 Å². The van der Waals surface area contributed by atoms with Crippen molar-refractivity contribution in [2.75, 3.05) is 26.2 Å². The lowest BCUT2D eigenvalue weighted by Gasteiger charge is -2.37. The van der Waals surface area contributed by atoms with Crippen molar-refractivity contribution in [1.29, 1.82) is 0 Å². The summed E-state index contributed by atoms with van der Waals surface area (Å²) in [5, 5.41) is 0.948. The highest BCUT2D eigenvalue weighted by Crippen LogP contribution is 2.31. The molecule has 2 heterocycles. The molecule has 1 saturated carbocycles. The van der Waals surface area contributed by atoms with E-state index in [0.29, 0.717) is 0 Å². The van der Waals surface area contributed by atoms with Crippen LogP contribution in [0.15, 0.2) is 18.2 Å². The van der Waals surface area contributed by atoms with Gasteiger partial charge in [0.25, 0.3) is 5.91 Å². The van der Waals surface area contributed by atoms with Crippen molar-refractivity contribution in [3.63, 3.8) is 0 Å². The maximum Gasteiger partial charge on any atom is 0.265 e. The lowest BCUT2D eigenvalue weighted by Crippen LogP contribution is -2.51. The van der Waals surface area contributed by atoms with Gasteiger partial charge in [-0.25, -0.2) is 4.98 Å². The standard InChI is InChI=1S/C22H29N3OS/c1-15-8-9-18(14-16(15)2)21-23-17(3)20(27-21)22(26)25-12-10-24(11-13-25)19-6-4-5-7-19/h8-9,14,19H,4-7,10-13H2,1-3H3. The van der Waals surface area contributed by atoms with Crippen LogP contribution in [0.5, 0.6) is 0 Å². The highest BCUT2D eigenvalue weighted by Gasteiger charge is 2.29. The number of aryl methyl sites for hydroxylation is 3. The van der Waals surface area contributed by atoms with Crippen LogP contribution in [0.1, 0.15) is 52.2 Å². The third kappa shape index (κ3) is 3.81. The van der Waals surface area contributed by atoms with Gasteiger partial charge in [-0.2, -0.15) is 0 Å². The molecule has 0 radical (unpaired) electrons. The molecule has 0 atom stereocenters. The van der Waals surface area contributed by atoms with Crippen LogP contribution < -0.4 is 0 Å². The molecular formula is C22H29N3OS. The normalized spacial score (nSPS) is 19.0. The highest BCUT2D eigenvalue weighted by molar-refractivity contribution is 7.17. The summed E-state index contributed by atoms with van der Waals surface area (Å²) < 4.78 is 0. The molecular weight excluding hydrogens is 354 g/mol. The number of hydrogen-bond acceptors (Lipinski definition) is 4. The molecule has 1 aliphatic heterocycles. The molecule has 144 valence electrons. The molecule has 1 aromatic heterocycles. The molecule has 0 N–H and O–H groups in total. The Morgan fingerprint density at radius 1 is 1.04 bits per heavy atom. The molecule has 4 nitrogen and oxygen atoms in total. The van der Waals surface area contributed by atoms with Crippen LogP contribution in [0.4, 0.5) is 0 Å². The third-order valence-electron chi connectivity index (χ3n) is 6.19. The fourth-order valence-corrected chi connectivity index (χ4v) is 5.33. The summed E-state index contributed by atoms with van der Waals surface area (Å²) in [6.45, 7) is 9.90. The summed E-state index contributed by atoms with van der Waals surface area (Å²) >= 11 is 1.54. The summed E-state index contributed by atoms with van der Waals surface area (Å²) in [7, 11) is 0. The van der Waals surface area contributed by atoms with E-state index in [-0.39, 0.29) is 5.91 Å². The molecule has 5 heteroatoms. The first kappa shape index (κ1) is 18.6. The van der Waals surface area contributed by atoms with Crippen molar-refractivity contribution >= 4 is 17.2 Å². The predicted molar refractivity (Wildman–Crippen MR) is 111 cm³/mol. The van der Waals surface area contributed by atoms with Crippen LogP contribution in [-0.4, -0.2) is 52.9 Å². The molecule has 1 amide bonds. The van der Waals surface area contributed by atoms with Gasteiger partial charge >= 0.3 is 0 Å². The number of thiazole rings is 1. The number of aromatic nitrogens is 1. The van der Waals surface area contributed by atoms with E-state index in [1.54, 1.807) is 0 Å². The van der Waals surface area contributed by atoms with Gasteiger partial charge in [-0.05, 0) is 50.8 Å². The first-order valence-electron chi connectivity index (χ1n) is 10.1. The molecule has 1 aliphatic carbocycles. The molecule has 4 rings (SSSR count). The van der Waals surface area contributed by atoms with Gasteiger partial charge in [0.1, 0.15) is 9.88 Å². The number of piperazine rings is 1. The van der Waals surface area contributed by atoms with Gasteiger partial charge in [0.2, 0.25) is 0 Å². The van der Waals surface area contributed by atoms with Gasteiger partial charge in [0, 0.05) is 37.8 Å². The van der Waals surface area contributed by atoms with E-state index < -0.39 is 0 Å². The zero-order valence-electron chi connectivity index (χ0n) is 16.6. The first-order chi connectivity index (χ1) is 13.0. The number of benzene rings is 1. The van der Waals surface area contributed by atoms with E-state index in [1.807, 2.05) is 11.8 Å². The molecule has 2 fully saturated rings. The Hall–Kier alpha value is -1.72. The van der Waals surface area contributed by atoms with Crippen LogP contribution in [0, 0.1) is 20.8 Å². The molecule has 1 saturated heterocycles. The summed E-state index contributed by atoms with van der Waals surface area (Å²) in [6, 6.07) is 7.16. The van der Waals surface area contributed by atoms with E-state index >= 15 is 0 Å². The third-order valence-corrected chi connectivity index (χ3v) is 7.38. The summed E-state index contributed by atoms with van der Waals surface area (Å²) in [5.41, 5.74) is 4.51. The summed E-state index contributed by atoms with van der Waals surface area (Å²) in [4.78, 5) is 23.2. The Morgan fingerprint density at radius 2 is 1.74 bits per heavy atom.